The Balaban J connectivity index is 1.64. The lowest BCUT2D eigenvalue weighted by Crippen LogP contribution is -2.31. The molecule has 0 bridgehead atoms. The molecule has 0 aliphatic carbocycles. The second kappa shape index (κ2) is 9.00. The van der Waals surface area contributed by atoms with Gasteiger partial charge >= 0.3 is 0 Å². The van der Waals surface area contributed by atoms with Gasteiger partial charge in [0.25, 0.3) is 0 Å². The van der Waals surface area contributed by atoms with E-state index < -0.39 is 0 Å². The Morgan fingerprint density at radius 1 is 0.846 bits per heavy atom. The number of nitrogens with zero attached hydrogens (tertiary/aromatic N) is 6. The van der Waals surface area contributed by atoms with Gasteiger partial charge in [-0.15, -0.1) is 0 Å². The van der Waals surface area contributed by atoms with Crippen LogP contribution in [0.25, 0.3) is 0 Å². The van der Waals surface area contributed by atoms with E-state index in [0.29, 0.717) is 0 Å². The van der Waals surface area contributed by atoms with E-state index in [9.17, 15) is 0 Å². The maximum Gasteiger partial charge on any atom is 0.171 e. The summed E-state index contributed by atoms with van der Waals surface area (Å²) in [5, 5.41) is 0. The molecule has 0 unspecified atom stereocenters. The van der Waals surface area contributed by atoms with E-state index in [1.54, 1.807) is 0 Å². The van der Waals surface area contributed by atoms with Crippen molar-refractivity contribution in [2.45, 2.75) is 26.7 Å². The van der Waals surface area contributed by atoms with Crippen LogP contribution in [0.5, 0.6) is 0 Å². The van der Waals surface area contributed by atoms with Gasteiger partial charge in [0.1, 0.15) is 0 Å². The zero-order chi connectivity index (χ0) is 18.5. The molecule has 6 heteroatoms. The molecule has 6 nitrogen and oxygen atoms in total. The molecule has 0 radical (unpaired) electrons. The number of hydrogen-bond donors (Lipinski definition) is 0. The van der Waals surface area contributed by atoms with Crippen molar-refractivity contribution in [3.8, 4) is 0 Å². The van der Waals surface area contributed by atoms with Gasteiger partial charge in [-0.2, -0.15) is 0 Å². The third kappa shape index (κ3) is 4.65. The van der Waals surface area contributed by atoms with E-state index in [0.717, 1.165) is 62.7 Å². The summed E-state index contributed by atoms with van der Waals surface area (Å²) in [6.45, 7) is 13.5. The van der Waals surface area contributed by atoms with Crippen LogP contribution in [0, 0.1) is 11.8 Å². The maximum atomic E-state index is 4.74. The predicted octanol–water partition coefficient (Wildman–Crippen LogP) is 2.03. The molecule has 0 N–H and O–H groups in total. The molecule has 2 fully saturated rings. The second-order valence-corrected chi connectivity index (χ2v) is 8.11. The zero-order valence-electron chi connectivity index (χ0n) is 17.1. The predicted molar refractivity (Wildman–Crippen MR) is 109 cm³/mol. The summed E-state index contributed by atoms with van der Waals surface area (Å²) in [6.07, 6.45) is 6.21. The molecule has 2 aliphatic rings. The average Bonchev–Trinajstić information content (AvgIpc) is 3.31. The van der Waals surface area contributed by atoms with Gasteiger partial charge in [0.15, 0.2) is 11.6 Å². The Hall–Kier alpha value is -1.40. The van der Waals surface area contributed by atoms with E-state index >= 15 is 0 Å². The molecule has 3 heterocycles. The lowest BCUT2D eigenvalue weighted by molar-refractivity contribution is 0.300. The van der Waals surface area contributed by atoms with Crippen LogP contribution in [0.3, 0.4) is 0 Å². The highest BCUT2D eigenvalue weighted by atomic mass is 15.3. The van der Waals surface area contributed by atoms with E-state index in [2.05, 4.69) is 47.5 Å². The topological polar surface area (TPSA) is 38.7 Å². The van der Waals surface area contributed by atoms with Crippen LogP contribution in [0.1, 0.15) is 26.7 Å². The number of hydrogen-bond acceptors (Lipinski definition) is 6. The Labute approximate surface area is 159 Å². The zero-order valence-corrected chi connectivity index (χ0v) is 17.1. The number of rotatable bonds is 8. The van der Waals surface area contributed by atoms with Crippen LogP contribution in [0.4, 0.5) is 11.6 Å². The van der Waals surface area contributed by atoms with Crippen LogP contribution in [-0.2, 0) is 0 Å². The standard InChI is InChI=1S/C20H36N6/c1-5-23(3)13-17-7-11-25(15-17)19-20(22-10-9-21-19)26-12-8-18(16-26)14-24(4)6-2/h9-10,17-18H,5-8,11-16H2,1-4H3/t17-,18-/m0/s1. The molecule has 2 aliphatic heterocycles. The molecule has 3 rings (SSSR count). The summed E-state index contributed by atoms with van der Waals surface area (Å²) >= 11 is 0. The maximum absolute atomic E-state index is 4.74. The van der Waals surface area contributed by atoms with E-state index in [1.165, 1.54) is 25.9 Å². The van der Waals surface area contributed by atoms with Crippen molar-refractivity contribution in [2.24, 2.45) is 11.8 Å². The first kappa shape index (κ1) is 19.4. The van der Waals surface area contributed by atoms with Crippen LogP contribution < -0.4 is 9.80 Å². The van der Waals surface area contributed by atoms with Gasteiger partial charge in [0, 0.05) is 51.7 Å². The average molecular weight is 361 g/mol. The lowest BCUT2D eigenvalue weighted by atomic mass is 10.1. The monoisotopic (exact) mass is 360 g/mol. The summed E-state index contributed by atoms with van der Waals surface area (Å²) in [7, 11) is 4.43. The summed E-state index contributed by atoms with van der Waals surface area (Å²) < 4.78 is 0. The van der Waals surface area contributed by atoms with Crippen molar-refractivity contribution in [1.29, 1.82) is 0 Å². The number of aromatic nitrogens is 2. The highest BCUT2D eigenvalue weighted by Crippen LogP contribution is 2.32. The fourth-order valence-electron chi connectivity index (χ4n) is 4.26. The Morgan fingerprint density at radius 2 is 1.27 bits per heavy atom. The molecule has 0 saturated carbocycles. The molecule has 1 aromatic heterocycles. The van der Waals surface area contributed by atoms with Crippen molar-refractivity contribution in [3.63, 3.8) is 0 Å². The van der Waals surface area contributed by atoms with Crippen molar-refractivity contribution < 1.29 is 0 Å². The van der Waals surface area contributed by atoms with E-state index in [-0.39, 0.29) is 0 Å². The second-order valence-electron chi connectivity index (χ2n) is 8.11. The van der Waals surface area contributed by atoms with Crippen molar-refractivity contribution in [3.05, 3.63) is 12.4 Å². The van der Waals surface area contributed by atoms with Crippen LogP contribution >= 0.6 is 0 Å². The first-order chi connectivity index (χ1) is 12.6. The van der Waals surface area contributed by atoms with Crippen molar-refractivity contribution in [2.75, 3.05) is 76.3 Å². The quantitative estimate of drug-likeness (QED) is 0.706. The minimum absolute atomic E-state index is 0.735. The number of anilines is 2. The van der Waals surface area contributed by atoms with E-state index in [1.807, 2.05) is 12.4 Å². The smallest absolute Gasteiger partial charge is 0.171 e. The third-order valence-corrected chi connectivity index (χ3v) is 6.05. The Kier molecular flexibility index (Phi) is 6.70. The molecular formula is C20H36N6. The highest BCUT2D eigenvalue weighted by molar-refractivity contribution is 5.63. The molecule has 26 heavy (non-hydrogen) atoms. The van der Waals surface area contributed by atoms with Gasteiger partial charge in [-0.3, -0.25) is 0 Å². The fourth-order valence-corrected chi connectivity index (χ4v) is 4.26. The van der Waals surface area contributed by atoms with Gasteiger partial charge in [-0.1, -0.05) is 13.8 Å². The molecule has 2 saturated heterocycles. The minimum Gasteiger partial charge on any atom is -0.353 e. The van der Waals surface area contributed by atoms with Crippen molar-refractivity contribution >= 4 is 11.6 Å². The SMILES string of the molecule is CCN(C)C[C@@H]1CCN(c2nccnc2N2CC[C@@H](CN(C)CC)C2)C1. The third-order valence-electron chi connectivity index (χ3n) is 6.05. The van der Waals surface area contributed by atoms with Gasteiger partial charge in [-0.05, 0) is 51.9 Å². The molecule has 2 atom stereocenters. The summed E-state index contributed by atoms with van der Waals surface area (Å²) in [5.41, 5.74) is 0. The first-order valence-electron chi connectivity index (χ1n) is 10.3. The largest absolute Gasteiger partial charge is 0.353 e. The molecular weight excluding hydrogens is 324 g/mol. The summed E-state index contributed by atoms with van der Waals surface area (Å²) in [4.78, 5) is 19.2. The molecule has 0 amide bonds. The van der Waals surface area contributed by atoms with Gasteiger partial charge in [-0.25, -0.2) is 9.97 Å². The lowest BCUT2D eigenvalue weighted by Gasteiger charge is -2.26. The molecule has 1 aromatic rings. The highest BCUT2D eigenvalue weighted by Gasteiger charge is 2.30. The molecule has 146 valence electrons. The molecule has 0 aromatic carbocycles. The first-order valence-corrected chi connectivity index (χ1v) is 10.3. The van der Waals surface area contributed by atoms with Crippen LogP contribution in [0.2, 0.25) is 0 Å². The summed E-state index contributed by atoms with van der Waals surface area (Å²) in [5.74, 6) is 3.66. The van der Waals surface area contributed by atoms with E-state index in [4.69, 9.17) is 9.97 Å². The molecule has 0 spiro atoms. The van der Waals surface area contributed by atoms with Crippen molar-refractivity contribution in [1.82, 2.24) is 19.8 Å². The van der Waals surface area contributed by atoms with Gasteiger partial charge in [0.05, 0.1) is 0 Å². The van der Waals surface area contributed by atoms with Gasteiger partial charge in [0.2, 0.25) is 0 Å². The fraction of sp³-hybridized carbons (Fsp3) is 0.800. The minimum atomic E-state index is 0.735. The van der Waals surface area contributed by atoms with Crippen LogP contribution in [-0.4, -0.2) is 86.2 Å². The Morgan fingerprint density at radius 3 is 1.65 bits per heavy atom. The normalized spacial score (nSPS) is 23.6. The van der Waals surface area contributed by atoms with Crippen LogP contribution in [0.15, 0.2) is 12.4 Å². The summed E-state index contributed by atoms with van der Waals surface area (Å²) in [6, 6.07) is 0. The Bertz CT molecular complexity index is 516. The van der Waals surface area contributed by atoms with Gasteiger partial charge < -0.3 is 19.6 Å².